The summed E-state index contributed by atoms with van der Waals surface area (Å²) >= 11 is 0. The summed E-state index contributed by atoms with van der Waals surface area (Å²) in [4.78, 5) is 4.06. The van der Waals surface area contributed by atoms with Crippen molar-refractivity contribution in [2.24, 2.45) is 11.8 Å². The second kappa shape index (κ2) is 4.94. The minimum absolute atomic E-state index is 0.323. The molecule has 1 aromatic heterocycles. The third-order valence-electron chi connectivity index (χ3n) is 2.20. The number of aromatic nitrogens is 1. The average molecular weight is 179 g/mol. The molecule has 3 heteroatoms. The normalized spacial score (nSPS) is 13.2. The molecule has 1 atom stereocenters. The van der Waals surface area contributed by atoms with E-state index in [-0.39, 0.29) is 0 Å². The molecule has 72 valence electrons. The third kappa shape index (κ3) is 3.13. The first-order chi connectivity index (χ1) is 6.24. The van der Waals surface area contributed by atoms with Gasteiger partial charge in [0.05, 0.1) is 0 Å². The van der Waals surface area contributed by atoms with E-state index < -0.39 is 0 Å². The second-order valence-electron chi connectivity index (χ2n) is 3.58. The summed E-state index contributed by atoms with van der Waals surface area (Å²) in [5.41, 5.74) is 4.04. The van der Waals surface area contributed by atoms with Crippen molar-refractivity contribution < 1.29 is 0 Å². The van der Waals surface area contributed by atoms with Gasteiger partial charge in [-0.2, -0.15) is 0 Å². The number of hydrazine groups is 1. The van der Waals surface area contributed by atoms with Gasteiger partial charge in [0.15, 0.2) is 0 Å². The highest BCUT2D eigenvalue weighted by molar-refractivity contribution is 5.10. The number of pyridine rings is 1. The summed E-state index contributed by atoms with van der Waals surface area (Å²) in [6, 6.07) is 4.34. The first-order valence-corrected chi connectivity index (χ1v) is 4.59. The van der Waals surface area contributed by atoms with Gasteiger partial charge in [-0.15, -0.1) is 0 Å². The van der Waals surface area contributed by atoms with Crippen LogP contribution in [0, 0.1) is 5.92 Å². The zero-order chi connectivity index (χ0) is 9.68. The lowest BCUT2D eigenvalue weighted by molar-refractivity contribution is 0.404. The van der Waals surface area contributed by atoms with Crippen molar-refractivity contribution in [3.8, 4) is 0 Å². The number of hydrogen-bond donors (Lipinski definition) is 2. The van der Waals surface area contributed by atoms with Crippen LogP contribution in [-0.4, -0.2) is 11.0 Å². The van der Waals surface area contributed by atoms with Gasteiger partial charge in [0.2, 0.25) is 0 Å². The minimum atomic E-state index is 0.323. The Morgan fingerprint density at radius 3 is 2.77 bits per heavy atom. The molecular formula is C10H17N3. The monoisotopic (exact) mass is 179 g/mol. The van der Waals surface area contributed by atoms with Crippen molar-refractivity contribution in [2.45, 2.75) is 26.3 Å². The molecule has 0 spiro atoms. The van der Waals surface area contributed by atoms with Crippen molar-refractivity contribution in [2.75, 3.05) is 0 Å². The summed E-state index contributed by atoms with van der Waals surface area (Å²) < 4.78 is 0. The van der Waals surface area contributed by atoms with Crippen molar-refractivity contribution in [3.05, 3.63) is 30.1 Å². The van der Waals surface area contributed by atoms with Crippen molar-refractivity contribution in [1.29, 1.82) is 0 Å². The van der Waals surface area contributed by atoms with Crippen LogP contribution in [0.5, 0.6) is 0 Å². The molecule has 0 fully saturated rings. The summed E-state index contributed by atoms with van der Waals surface area (Å²) in [5, 5.41) is 0. The highest BCUT2D eigenvalue weighted by Crippen LogP contribution is 2.07. The van der Waals surface area contributed by atoms with E-state index in [0.29, 0.717) is 12.0 Å². The second-order valence-corrected chi connectivity index (χ2v) is 3.58. The molecule has 0 aliphatic carbocycles. The van der Waals surface area contributed by atoms with Crippen LogP contribution in [-0.2, 0) is 6.42 Å². The smallest absolute Gasteiger partial charge is 0.0300 e. The van der Waals surface area contributed by atoms with Gasteiger partial charge in [-0.3, -0.25) is 16.3 Å². The van der Waals surface area contributed by atoms with E-state index in [0.717, 1.165) is 6.42 Å². The van der Waals surface area contributed by atoms with Crippen LogP contribution in [0.15, 0.2) is 24.5 Å². The van der Waals surface area contributed by atoms with Crippen molar-refractivity contribution >= 4 is 0 Å². The number of hydrogen-bond acceptors (Lipinski definition) is 3. The Morgan fingerprint density at radius 1 is 1.54 bits per heavy atom. The fourth-order valence-electron chi connectivity index (χ4n) is 1.26. The molecule has 0 aliphatic heterocycles. The number of nitrogens with two attached hydrogens (primary N) is 1. The van der Waals surface area contributed by atoms with Gasteiger partial charge in [0, 0.05) is 18.4 Å². The molecule has 0 saturated carbocycles. The first kappa shape index (κ1) is 10.2. The maximum absolute atomic E-state index is 5.45. The Hall–Kier alpha value is -0.930. The quantitative estimate of drug-likeness (QED) is 0.538. The van der Waals surface area contributed by atoms with E-state index >= 15 is 0 Å². The molecule has 0 aliphatic rings. The Kier molecular flexibility index (Phi) is 3.86. The highest BCUT2D eigenvalue weighted by atomic mass is 15.2. The van der Waals surface area contributed by atoms with Crippen LogP contribution >= 0.6 is 0 Å². The van der Waals surface area contributed by atoms with Gasteiger partial charge >= 0.3 is 0 Å². The molecule has 0 aromatic carbocycles. The summed E-state index contributed by atoms with van der Waals surface area (Å²) in [6.07, 6.45) is 4.60. The molecule has 0 bridgehead atoms. The average Bonchev–Trinajstić information content (AvgIpc) is 2.15. The van der Waals surface area contributed by atoms with Gasteiger partial charge < -0.3 is 0 Å². The fourth-order valence-corrected chi connectivity index (χ4v) is 1.26. The Balaban J connectivity index is 2.57. The van der Waals surface area contributed by atoms with Crippen LogP contribution in [0.25, 0.3) is 0 Å². The van der Waals surface area contributed by atoms with Crippen molar-refractivity contribution in [3.63, 3.8) is 0 Å². The first-order valence-electron chi connectivity index (χ1n) is 4.59. The summed E-state index contributed by atoms with van der Waals surface area (Å²) in [6.45, 7) is 4.31. The molecule has 1 rings (SSSR count). The van der Waals surface area contributed by atoms with E-state index in [9.17, 15) is 0 Å². The van der Waals surface area contributed by atoms with E-state index in [1.165, 1.54) is 5.56 Å². The minimum Gasteiger partial charge on any atom is -0.271 e. The molecule has 1 aromatic rings. The highest BCUT2D eigenvalue weighted by Gasteiger charge is 2.11. The van der Waals surface area contributed by atoms with Crippen LogP contribution in [0.1, 0.15) is 19.4 Å². The molecule has 3 N–H and O–H groups in total. The predicted octanol–water partition coefficient (Wildman–Crippen LogP) is 1.11. The lowest BCUT2D eigenvalue weighted by Crippen LogP contribution is -2.40. The number of rotatable bonds is 4. The summed E-state index contributed by atoms with van der Waals surface area (Å²) in [7, 11) is 0. The SMILES string of the molecule is CC(C)C(Cc1cccnc1)NN. The standard InChI is InChI=1S/C10H17N3/c1-8(2)10(13-11)6-9-4-3-5-12-7-9/h3-5,7-8,10,13H,6,11H2,1-2H3. The van der Waals surface area contributed by atoms with Crippen LogP contribution < -0.4 is 11.3 Å². The van der Waals surface area contributed by atoms with E-state index in [1.54, 1.807) is 6.20 Å². The molecule has 13 heavy (non-hydrogen) atoms. The van der Waals surface area contributed by atoms with Crippen molar-refractivity contribution in [1.82, 2.24) is 10.4 Å². The Bertz CT molecular complexity index is 233. The van der Waals surface area contributed by atoms with Gasteiger partial charge in [0.1, 0.15) is 0 Å². The fraction of sp³-hybridized carbons (Fsp3) is 0.500. The molecule has 0 amide bonds. The third-order valence-corrected chi connectivity index (χ3v) is 2.20. The van der Waals surface area contributed by atoms with E-state index in [4.69, 9.17) is 5.84 Å². The number of nitrogens with one attached hydrogen (secondary N) is 1. The molecule has 3 nitrogen and oxygen atoms in total. The maximum Gasteiger partial charge on any atom is 0.0300 e. The molecule has 1 unspecified atom stereocenters. The molecule has 0 radical (unpaired) electrons. The topological polar surface area (TPSA) is 50.9 Å². The van der Waals surface area contributed by atoms with Crippen LogP contribution in [0.2, 0.25) is 0 Å². The molecule has 1 heterocycles. The van der Waals surface area contributed by atoms with Gasteiger partial charge in [-0.1, -0.05) is 19.9 Å². The number of nitrogens with zero attached hydrogens (tertiary/aromatic N) is 1. The van der Waals surface area contributed by atoms with Gasteiger partial charge in [-0.05, 0) is 24.0 Å². The largest absolute Gasteiger partial charge is 0.271 e. The lowest BCUT2D eigenvalue weighted by Gasteiger charge is -2.19. The zero-order valence-electron chi connectivity index (χ0n) is 8.20. The van der Waals surface area contributed by atoms with E-state index in [1.807, 2.05) is 12.3 Å². The lowest BCUT2D eigenvalue weighted by atomic mass is 9.98. The Morgan fingerprint density at radius 2 is 2.31 bits per heavy atom. The molecule has 0 saturated heterocycles. The molecular weight excluding hydrogens is 162 g/mol. The van der Waals surface area contributed by atoms with Crippen LogP contribution in [0.3, 0.4) is 0 Å². The van der Waals surface area contributed by atoms with Gasteiger partial charge in [0.25, 0.3) is 0 Å². The Labute approximate surface area is 79.3 Å². The predicted molar refractivity (Wildman–Crippen MR) is 53.9 cm³/mol. The van der Waals surface area contributed by atoms with E-state index in [2.05, 4.69) is 30.3 Å². The van der Waals surface area contributed by atoms with Gasteiger partial charge in [-0.25, -0.2) is 0 Å². The zero-order valence-corrected chi connectivity index (χ0v) is 8.20. The maximum atomic E-state index is 5.45. The van der Waals surface area contributed by atoms with Crippen LogP contribution in [0.4, 0.5) is 0 Å². The summed E-state index contributed by atoms with van der Waals surface area (Å²) in [5.74, 6) is 5.98.